The Morgan fingerprint density at radius 1 is 1.09 bits per heavy atom. The Morgan fingerprint density at radius 2 is 1.86 bits per heavy atom. The Labute approximate surface area is 129 Å². The van der Waals surface area contributed by atoms with Crippen molar-refractivity contribution in [2.24, 2.45) is 5.73 Å². The molecule has 0 radical (unpaired) electrons. The molecule has 3 rings (SSSR count). The van der Waals surface area contributed by atoms with Crippen molar-refractivity contribution in [3.05, 3.63) is 65.5 Å². The molecule has 3 nitrogen and oxygen atoms in total. The summed E-state index contributed by atoms with van der Waals surface area (Å²) in [7, 11) is -3.71. The zero-order valence-electron chi connectivity index (χ0n) is 11.9. The number of hydrogen-bond donors (Lipinski definition) is 1. The maximum atomic E-state index is 13.3. The van der Waals surface area contributed by atoms with E-state index in [0.29, 0.717) is 6.54 Å². The normalized spacial score (nSPS) is 14.4. The van der Waals surface area contributed by atoms with Crippen LogP contribution in [0.3, 0.4) is 0 Å². The molecule has 0 fully saturated rings. The second-order valence-corrected chi connectivity index (χ2v) is 7.20. The molecular weight excluding hydrogens is 301 g/mol. The van der Waals surface area contributed by atoms with Crippen LogP contribution in [0.4, 0.5) is 4.39 Å². The van der Waals surface area contributed by atoms with Crippen molar-refractivity contribution in [1.29, 1.82) is 0 Å². The third-order valence-corrected chi connectivity index (χ3v) is 5.61. The van der Waals surface area contributed by atoms with Crippen molar-refractivity contribution in [1.82, 2.24) is 0 Å². The number of halogens is 1. The Bertz CT molecular complexity index is 857. The number of aryl methyl sites for hydroxylation is 1. The molecule has 0 aromatic heterocycles. The van der Waals surface area contributed by atoms with Gasteiger partial charge in [0.05, 0.1) is 9.79 Å². The first-order valence-corrected chi connectivity index (χ1v) is 8.54. The summed E-state index contributed by atoms with van der Waals surface area (Å²) >= 11 is 0. The number of fused-ring (bicyclic) bond motifs is 1. The van der Waals surface area contributed by atoms with Crippen LogP contribution in [0.5, 0.6) is 0 Å². The maximum absolute atomic E-state index is 13.3. The van der Waals surface area contributed by atoms with E-state index in [1.807, 2.05) is 0 Å². The molecule has 1 aliphatic rings. The molecule has 114 valence electrons. The third kappa shape index (κ3) is 2.58. The predicted octanol–water partition coefficient (Wildman–Crippen LogP) is 2.95. The third-order valence-electron chi connectivity index (χ3n) is 3.86. The smallest absolute Gasteiger partial charge is 0.206 e. The fraction of sp³-hybridized carbons (Fsp3) is 0.176. The molecule has 0 saturated carbocycles. The lowest BCUT2D eigenvalue weighted by atomic mass is 9.91. The number of hydrogen-bond acceptors (Lipinski definition) is 3. The van der Waals surface area contributed by atoms with Crippen molar-refractivity contribution in [2.75, 3.05) is 6.54 Å². The van der Waals surface area contributed by atoms with Crippen molar-refractivity contribution < 1.29 is 12.8 Å². The maximum Gasteiger partial charge on any atom is 0.206 e. The highest BCUT2D eigenvalue weighted by atomic mass is 32.2. The van der Waals surface area contributed by atoms with Gasteiger partial charge < -0.3 is 5.73 Å². The van der Waals surface area contributed by atoms with Gasteiger partial charge >= 0.3 is 0 Å². The van der Waals surface area contributed by atoms with Crippen molar-refractivity contribution in [3.63, 3.8) is 0 Å². The first kappa shape index (κ1) is 14.9. The molecule has 2 N–H and O–H groups in total. The van der Waals surface area contributed by atoms with Gasteiger partial charge in [-0.15, -0.1) is 0 Å². The average Bonchev–Trinajstić information content (AvgIpc) is 2.53. The van der Waals surface area contributed by atoms with E-state index in [1.54, 1.807) is 18.2 Å². The topological polar surface area (TPSA) is 60.2 Å². The molecule has 0 saturated heterocycles. The van der Waals surface area contributed by atoms with Gasteiger partial charge in [-0.1, -0.05) is 18.2 Å². The summed E-state index contributed by atoms with van der Waals surface area (Å²) in [5.41, 5.74) is 8.74. The summed E-state index contributed by atoms with van der Waals surface area (Å²) in [5, 5.41) is 0. The van der Waals surface area contributed by atoms with E-state index in [0.717, 1.165) is 35.6 Å². The Hall–Kier alpha value is -1.98. The van der Waals surface area contributed by atoms with Crippen molar-refractivity contribution >= 4 is 15.4 Å². The molecule has 1 aliphatic carbocycles. The number of nitrogens with two attached hydrogens (primary N) is 1. The number of rotatable bonds is 3. The lowest BCUT2D eigenvalue weighted by molar-refractivity contribution is 0.590. The van der Waals surface area contributed by atoms with Crippen LogP contribution in [-0.4, -0.2) is 15.0 Å². The highest BCUT2D eigenvalue weighted by molar-refractivity contribution is 7.91. The number of benzene rings is 2. The zero-order chi connectivity index (χ0) is 15.7. The fourth-order valence-electron chi connectivity index (χ4n) is 2.73. The minimum absolute atomic E-state index is 0.0298. The van der Waals surface area contributed by atoms with E-state index in [9.17, 15) is 12.8 Å². The van der Waals surface area contributed by atoms with Crippen LogP contribution >= 0.6 is 0 Å². The first-order chi connectivity index (χ1) is 10.5. The summed E-state index contributed by atoms with van der Waals surface area (Å²) in [6, 6.07) is 10.1. The van der Waals surface area contributed by atoms with Gasteiger partial charge in [0.2, 0.25) is 9.84 Å². The minimum Gasteiger partial charge on any atom is -0.326 e. The molecule has 0 spiro atoms. The van der Waals surface area contributed by atoms with Crippen LogP contribution in [0.1, 0.15) is 17.5 Å². The Kier molecular flexibility index (Phi) is 3.85. The molecule has 0 amide bonds. The van der Waals surface area contributed by atoms with Crippen molar-refractivity contribution in [3.8, 4) is 0 Å². The van der Waals surface area contributed by atoms with Gasteiger partial charge in [-0.2, -0.15) is 0 Å². The molecule has 0 bridgehead atoms. The Morgan fingerprint density at radius 3 is 2.59 bits per heavy atom. The minimum atomic E-state index is -3.71. The van der Waals surface area contributed by atoms with Crippen LogP contribution in [-0.2, 0) is 16.3 Å². The fourth-order valence-corrected chi connectivity index (χ4v) is 4.07. The highest BCUT2D eigenvalue weighted by Crippen LogP contribution is 2.30. The lowest BCUT2D eigenvalue weighted by Crippen LogP contribution is -2.10. The Balaban J connectivity index is 2.08. The van der Waals surface area contributed by atoms with Gasteiger partial charge in [0.1, 0.15) is 5.82 Å². The molecule has 2 aromatic rings. The summed E-state index contributed by atoms with van der Waals surface area (Å²) < 4.78 is 38.5. The summed E-state index contributed by atoms with van der Waals surface area (Å²) in [6.45, 7) is 0.434. The molecule has 0 unspecified atom stereocenters. The molecule has 22 heavy (non-hydrogen) atoms. The standard InChI is InChI=1S/C17H16FNO2S/c18-14-5-2-6-15(10-14)22(20,21)16-7-8-17-12(9-16)3-1-4-13(17)11-19/h2,4-10H,1,3,11,19H2. The lowest BCUT2D eigenvalue weighted by Gasteiger charge is -2.18. The average molecular weight is 317 g/mol. The molecule has 2 aromatic carbocycles. The van der Waals surface area contributed by atoms with Gasteiger partial charge in [0.25, 0.3) is 0 Å². The number of allylic oxidation sites excluding steroid dienone is 1. The number of sulfone groups is 1. The second-order valence-electron chi connectivity index (χ2n) is 5.25. The SMILES string of the molecule is NCC1=CCCc2cc(S(=O)(=O)c3cccc(F)c3)ccc21. The van der Waals surface area contributed by atoms with Crippen LogP contribution in [0.25, 0.3) is 5.57 Å². The molecular formula is C17H16FNO2S. The van der Waals surface area contributed by atoms with Gasteiger partial charge in [-0.25, -0.2) is 12.8 Å². The first-order valence-electron chi connectivity index (χ1n) is 7.05. The van der Waals surface area contributed by atoms with E-state index >= 15 is 0 Å². The van der Waals surface area contributed by atoms with Gasteiger partial charge in [0, 0.05) is 6.54 Å². The summed E-state index contributed by atoms with van der Waals surface area (Å²) in [5.74, 6) is -0.563. The van der Waals surface area contributed by atoms with Gasteiger partial charge in [-0.3, -0.25) is 0 Å². The monoisotopic (exact) mass is 317 g/mol. The van der Waals surface area contributed by atoms with Gasteiger partial charge in [0.15, 0.2) is 0 Å². The highest BCUT2D eigenvalue weighted by Gasteiger charge is 2.21. The molecule has 0 atom stereocenters. The van der Waals surface area contributed by atoms with Crippen LogP contribution in [0, 0.1) is 5.82 Å². The van der Waals surface area contributed by atoms with E-state index in [4.69, 9.17) is 5.73 Å². The van der Waals surface area contributed by atoms with E-state index in [-0.39, 0.29) is 9.79 Å². The van der Waals surface area contributed by atoms with Crippen LogP contribution < -0.4 is 5.73 Å². The molecule has 5 heteroatoms. The summed E-state index contributed by atoms with van der Waals surface area (Å²) in [6.07, 6.45) is 3.72. The summed E-state index contributed by atoms with van der Waals surface area (Å²) in [4.78, 5) is 0.160. The molecule has 0 aliphatic heterocycles. The predicted molar refractivity (Wildman–Crippen MR) is 83.6 cm³/mol. The van der Waals surface area contributed by atoms with Gasteiger partial charge in [-0.05, 0) is 59.9 Å². The largest absolute Gasteiger partial charge is 0.326 e. The van der Waals surface area contributed by atoms with Crippen molar-refractivity contribution in [2.45, 2.75) is 22.6 Å². The van der Waals surface area contributed by atoms with E-state index < -0.39 is 15.7 Å². The zero-order valence-corrected chi connectivity index (χ0v) is 12.7. The second kappa shape index (κ2) is 5.66. The van der Waals surface area contributed by atoms with Crippen LogP contribution in [0.15, 0.2) is 58.3 Å². The van der Waals surface area contributed by atoms with Crippen LogP contribution in [0.2, 0.25) is 0 Å². The van der Waals surface area contributed by atoms with E-state index in [1.165, 1.54) is 18.2 Å². The quantitative estimate of drug-likeness (QED) is 0.947. The molecule has 0 heterocycles. The van der Waals surface area contributed by atoms with E-state index in [2.05, 4.69) is 6.08 Å².